The lowest BCUT2D eigenvalue weighted by Crippen LogP contribution is -2.54. The summed E-state index contributed by atoms with van der Waals surface area (Å²) < 4.78 is 14.9. The zero-order valence-electron chi connectivity index (χ0n) is 23.7. The molecule has 0 radical (unpaired) electrons. The van der Waals surface area contributed by atoms with Crippen molar-refractivity contribution < 1.29 is 71.7 Å². The van der Waals surface area contributed by atoms with Gasteiger partial charge in [0.2, 0.25) is 0 Å². The topological polar surface area (TPSA) is 199 Å². The van der Waals surface area contributed by atoms with Gasteiger partial charge in [0.15, 0.2) is 0 Å². The van der Waals surface area contributed by atoms with Crippen LogP contribution in [0.4, 0.5) is 0 Å². The average molecular weight is 576 g/mol. The Hall–Kier alpha value is -3.56. The number of carbonyl (C=O) groups excluding carboxylic acids is 6. The van der Waals surface area contributed by atoms with Crippen molar-refractivity contribution in [1.82, 2.24) is 0 Å². The molecule has 228 valence electrons. The number of likely N-dealkylation sites (N-methyl/N-ethyl adjacent to an activating group) is 3. The molecule has 40 heavy (non-hydrogen) atoms. The van der Waals surface area contributed by atoms with Crippen molar-refractivity contribution >= 4 is 35.8 Å². The minimum Gasteiger partial charge on any atom is -0.544 e. The summed E-state index contributed by atoms with van der Waals surface area (Å²) in [5.41, 5.74) is 0. The van der Waals surface area contributed by atoms with Crippen LogP contribution in [0.3, 0.4) is 0 Å². The highest BCUT2D eigenvalue weighted by Crippen LogP contribution is 2.08. The van der Waals surface area contributed by atoms with Crippen LogP contribution in [0.1, 0.15) is 12.8 Å². The molecule has 2 unspecified atom stereocenters. The van der Waals surface area contributed by atoms with Gasteiger partial charge >= 0.3 is 17.9 Å². The van der Waals surface area contributed by atoms with Crippen LogP contribution in [0.5, 0.6) is 0 Å². The first-order chi connectivity index (χ1) is 18.4. The third-order valence-electron chi connectivity index (χ3n) is 6.19. The van der Waals surface area contributed by atoms with Gasteiger partial charge in [-0.05, 0) is 0 Å². The van der Waals surface area contributed by atoms with Crippen LogP contribution in [-0.2, 0) is 43.0 Å². The Kier molecular flexibility index (Phi) is 15.7. The highest BCUT2D eigenvalue weighted by atomic mass is 16.5. The van der Waals surface area contributed by atoms with E-state index in [-0.39, 0.29) is 85.4 Å². The molecule has 0 bridgehead atoms. The number of quaternary nitrogens is 3. The standard InChI is InChI=1S/C25H41N3O12/c1-6-23(35)38-15-12-27(4,18-21(31)32)10-8-25(37)40-16-13-28(5,19-22(33)34)9-7-24(36)39-14-11-26(2,3)17-20(29)30/h6H,1,7-19H2,2-5H3. The highest BCUT2D eigenvalue weighted by Gasteiger charge is 2.27. The third kappa shape index (κ3) is 17.9. The maximum Gasteiger partial charge on any atom is 0.330 e. The molecule has 0 N–H and O–H groups in total. The Morgan fingerprint density at radius 1 is 0.600 bits per heavy atom. The number of carboxylic acid groups (broad SMARTS) is 3. The van der Waals surface area contributed by atoms with Gasteiger partial charge in [-0.25, -0.2) is 4.79 Å². The number of aliphatic carboxylic acids is 3. The van der Waals surface area contributed by atoms with Gasteiger partial charge < -0.3 is 57.4 Å². The Morgan fingerprint density at radius 3 is 1.35 bits per heavy atom. The first-order valence-electron chi connectivity index (χ1n) is 12.6. The fraction of sp³-hybridized carbons (Fsp3) is 0.680. The van der Waals surface area contributed by atoms with Gasteiger partial charge in [-0.3, -0.25) is 9.59 Å². The van der Waals surface area contributed by atoms with Gasteiger partial charge in [0, 0.05) is 6.08 Å². The lowest BCUT2D eigenvalue weighted by atomic mass is 10.3. The monoisotopic (exact) mass is 575 g/mol. The molecule has 0 rings (SSSR count). The summed E-state index contributed by atoms with van der Waals surface area (Å²) in [4.78, 5) is 68.9. The number of esters is 3. The predicted molar refractivity (Wildman–Crippen MR) is 131 cm³/mol. The maximum atomic E-state index is 12.3. The van der Waals surface area contributed by atoms with Crippen LogP contribution in [0.25, 0.3) is 0 Å². The summed E-state index contributed by atoms with van der Waals surface area (Å²) in [5, 5.41) is 33.2. The van der Waals surface area contributed by atoms with Crippen LogP contribution >= 0.6 is 0 Å². The van der Waals surface area contributed by atoms with Crippen molar-refractivity contribution in [2.75, 3.05) is 100 Å². The van der Waals surface area contributed by atoms with E-state index in [4.69, 9.17) is 14.2 Å². The minimum atomic E-state index is -1.36. The van der Waals surface area contributed by atoms with Crippen molar-refractivity contribution in [1.29, 1.82) is 0 Å². The van der Waals surface area contributed by atoms with Crippen molar-refractivity contribution in [3.8, 4) is 0 Å². The van der Waals surface area contributed by atoms with E-state index in [9.17, 15) is 44.1 Å². The second kappa shape index (κ2) is 17.2. The Bertz CT molecular complexity index is 923. The Balaban J connectivity index is 4.78. The SMILES string of the molecule is C=CC(=O)OCC[N+](C)(CCC(=O)OCC[N+](C)(CCC(=O)OCC[N+](C)(C)CC(=O)[O-])CC(=O)[O-])CC(=O)[O-]. The summed E-state index contributed by atoms with van der Waals surface area (Å²) in [5.74, 6) is -5.86. The van der Waals surface area contributed by atoms with Gasteiger partial charge in [0.05, 0.1) is 72.0 Å². The summed E-state index contributed by atoms with van der Waals surface area (Å²) in [6.45, 7) is 2.31. The van der Waals surface area contributed by atoms with Gasteiger partial charge in [0.1, 0.15) is 59.1 Å². The second-order valence-electron chi connectivity index (χ2n) is 10.7. The first-order valence-corrected chi connectivity index (χ1v) is 12.6. The molecule has 15 heteroatoms. The molecule has 0 amide bonds. The molecule has 0 aromatic heterocycles. The molecule has 0 aromatic rings. The fourth-order valence-corrected chi connectivity index (χ4v) is 3.67. The van der Waals surface area contributed by atoms with E-state index in [2.05, 4.69) is 6.58 Å². The van der Waals surface area contributed by atoms with Crippen LogP contribution in [-0.4, -0.2) is 150 Å². The largest absolute Gasteiger partial charge is 0.544 e. The average Bonchev–Trinajstić information content (AvgIpc) is 2.79. The molecular formula is C25H41N3O12. The van der Waals surface area contributed by atoms with E-state index in [1.54, 1.807) is 28.2 Å². The number of carbonyl (C=O) groups is 6. The zero-order valence-corrected chi connectivity index (χ0v) is 23.7. The quantitative estimate of drug-likeness (QED) is 0.0515. The highest BCUT2D eigenvalue weighted by molar-refractivity contribution is 5.81. The summed E-state index contributed by atoms with van der Waals surface area (Å²) >= 11 is 0. The van der Waals surface area contributed by atoms with Crippen LogP contribution in [0, 0.1) is 0 Å². The second-order valence-corrected chi connectivity index (χ2v) is 10.7. The molecule has 15 nitrogen and oxygen atoms in total. The van der Waals surface area contributed by atoms with E-state index in [0.717, 1.165) is 6.08 Å². The van der Waals surface area contributed by atoms with Gasteiger partial charge in [-0.1, -0.05) is 6.58 Å². The Morgan fingerprint density at radius 2 is 0.975 bits per heavy atom. The number of nitrogens with zero attached hydrogens (tertiary/aromatic N) is 3. The van der Waals surface area contributed by atoms with E-state index >= 15 is 0 Å². The predicted octanol–water partition coefficient (Wildman–Crippen LogP) is -5.20. The van der Waals surface area contributed by atoms with Crippen LogP contribution in [0.2, 0.25) is 0 Å². The van der Waals surface area contributed by atoms with Crippen molar-refractivity contribution in [3.05, 3.63) is 12.7 Å². The molecule has 0 fully saturated rings. The summed E-state index contributed by atoms with van der Waals surface area (Å²) in [7, 11) is 6.39. The number of ether oxygens (including phenoxy) is 3. The number of hydrogen-bond donors (Lipinski definition) is 0. The van der Waals surface area contributed by atoms with Gasteiger partial charge in [0.25, 0.3) is 0 Å². The van der Waals surface area contributed by atoms with Gasteiger partial charge in [-0.2, -0.15) is 0 Å². The molecule has 0 aliphatic heterocycles. The molecule has 0 aromatic carbocycles. The van der Waals surface area contributed by atoms with E-state index in [0.29, 0.717) is 0 Å². The molecule has 0 heterocycles. The van der Waals surface area contributed by atoms with Crippen LogP contribution in [0.15, 0.2) is 12.7 Å². The molecule has 2 atom stereocenters. The minimum absolute atomic E-state index is 0.0347. The third-order valence-corrected chi connectivity index (χ3v) is 6.19. The number of carboxylic acids is 3. The summed E-state index contributed by atoms with van der Waals surface area (Å²) in [6.07, 6.45) is 0.670. The van der Waals surface area contributed by atoms with Crippen molar-refractivity contribution in [2.45, 2.75) is 12.8 Å². The Labute approximate surface area is 233 Å². The molecule has 0 spiro atoms. The van der Waals surface area contributed by atoms with E-state index in [1.807, 2.05) is 0 Å². The summed E-state index contributed by atoms with van der Waals surface area (Å²) in [6, 6.07) is 0. The smallest absolute Gasteiger partial charge is 0.330 e. The van der Waals surface area contributed by atoms with E-state index in [1.165, 1.54) is 0 Å². The number of hydrogen-bond acceptors (Lipinski definition) is 12. The molecular weight excluding hydrogens is 534 g/mol. The molecule has 0 aliphatic carbocycles. The van der Waals surface area contributed by atoms with Crippen molar-refractivity contribution in [3.63, 3.8) is 0 Å². The fourth-order valence-electron chi connectivity index (χ4n) is 3.67. The van der Waals surface area contributed by atoms with Crippen molar-refractivity contribution in [2.24, 2.45) is 0 Å². The lowest BCUT2D eigenvalue weighted by Gasteiger charge is -2.35. The lowest BCUT2D eigenvalue weighted by molar-refractivity contribution is -0.904. The van der Waals surface area contributed by atoms with Gasteiger partial charge in [-0.15, -0.1) is 0 Å². The number of rotatable bonds is 22. The zero-order chi connectivity index (χ0) is 31.0. The van der Waals surface area contributed by atoms with Crippen LogP contribution < -0.4 is 15.3 Å². The molecule has 0 aliphatic rings. The normalized spacial score (nSPS) is 14.2. The van der Waals surface area contributed by atoms with E-state index < -0.39 is 48.9 Å². The molecule has 0 saturated heterocycles. The molecule has 0 saturated carbocycles. The first kappa shape index (κ1) is 36.4. The maximum absolute atomic E-state index is 12.3.